The standard InChI is InChI=1S/C18H30N2O/c1-3-11-19-15-16-7-9-18(10-8-16)21-14-13-20-12-5-6-17(20)4-2/h7-10,17,19H,3-6,11-15H2,1-2H3. The van der Waals surface area contributed by atoms with Crippen LogP contribution in [0.1, 0.15) is 45.1 Å². The summed E-state index contributed by atoms with van der Waals surface area (Å²) in [5.41, 5.74) is 1.32. The maximum Gasteiger partial charge on any atom is 0.119 e. The molecular formula is C18H30N2O. The van der Waals surface area contributed by atoms with Crippen LogP contribution in [0.15, 0.2) is 24.3 Å². The molecule has 118 valence electrons. The van der Waals surface area contributed by atoms with Crippen LogP contribution in [-0.2, 0) is 6.54 Å². The summed E-state index contributed by atoms with van der Waals surface area (Å²) in [7, 11) is 0. The van der Waals surface area contributed by atoms with E-state index in [2.05, 4.69) is 48.3 Å². The zero-order valence-corrected chi connectivity index (χ0v) is 13.6. The number of nitrogens with one attached hydrogen (secondary N) is 1. The van der Waals surface area contributed by atoms with Crippen LogP contribution < -0.4 is 10.1 Å². The molecule has 0 spiro atoms. The third kappa shape index (κ3) is 5.33. The fourth-order valence-electron chi connectivity index (χ4n) is 3.05. The van der Waals surface area contributed by atoms with Gasteiger partial charge >= 0.3 is 0 Å². The smallest absolute Gasteiger partial charge is 0.119 e. The lowest BCUT2D eigenvalue weighted by Crippen LogP contribution is -2.32. The lowest BCUT2D eigenvalue weighted by molar-refractivity contribution is 0.193. The fraction of sp³-hybridized carbons (Fsp3) is 0.667. The number of likely N-dealkylation sites (tertiary alicyclic amines) is 1. The highest BCUT2D eigenvalue weighted by Gasteiger charge is 2.21. The lowest BCUT2D eigenvalue weighted by atomic mass is 10.2. The summed E-state index contributed by atoms with van der Waals surface area (Å²) in [4.78, 5) is 2.57. The summed E-state index contributed by atoms with van der Waals surface area (Å²) in [6.07, 6.45) is 5.14. The molecule has 1 fully saturated rings. The Kier molecular flexibility index (Phi) is 7.04. The third-order valence-corrected chi connectivity index (χ3v) is 4.30. The van der Waals surface area contributed by atoms with Gasteiger partial charge in [0.25, 0.3) is 0 Å². The number of benzene rings is 1. The van der Waals surface area contributed by atoms with Crippen molar-refractivity contribution in [3.05, 3.63) is 29.8 Å². The number of rotatable bonds is 9. The normalized spacial score (nSPS) is 19.0. The van der Waals surface area contributed by atoms with Crippen LogP contribution in [-0.4, -0.2) is 37.2 Å². The van der Waals surface area contributed by atoms with Crippen molar-refractivity contribution in [2.24, 2.45) is 0 Å². The molecule has 1 heterocycles. The Bertz CT molecular complexity index is 391. The van der Waals surface area contributed by atoms with E-state index in [0.29, 0.717) is 0 Å². The molecule has 1 aromatic carbocycles. The van der Waals surface area contributed by atoms with Crippen molar-refractivity contribution in [1.29, 1.82) is 0 Å². The second-order valence-electron chi connectivity index (χ2n) is 5.91. The van der Waals surface area contributed by atoms with Crippen LogP contribution in [0.2, 0.25) is 0 Å². The van der Waals surface area contributed by atoms with E-state index >= 15 is 0 Å². The molecule has 1 N–H and O–H groups in total. The van der Waals surface area contributed by atoms with Gasteiger partial charge in [0, 0.05) is 19.1 Å². The first kappa shape index (κ1) is 16.3. The fourth-order valence-corrected chi connectivity index (χ4v) is 3.05. The lowest BCUT2D eigenvalue weighted by Gasteiger charge is -2.23. The van der Waals surface area contributed by atoms with Crippen molar-refractivity contribution >= 4 is 0 Å². The van der Waals surface area contributed by atoms with Gasteiger partial charge in [-0.25, -0.2) is 0 Å². The molecule has 1 saturated heterocycles. The first-order valence-corrected chi connectivity index (χ1v) is 8.50. The van der Waals surface area contributed by atoms with Crippen LogP contribution in [0.25, 0.3) is 0 Å². The molecule has 0 bridgehead atoms. The van der Waals surface area contributed by atoms with Crippen LogP contribution in [0.3, 0.4) is 0 Å². The molecule has 1 aromatic rings. The molecule has 0 radical (unpaired) electrons. The molecule has 3 nitrogen and oxygen atoms in total. The summed E-state index contributed by atoms with van der Waals surface area (Å²) in [5.74, 6) is 0.987. The Morgan fingerprint density at radius 1 is 1.24 bits per heavy atom. The minimum atomic E-state index is 0.778. The average molecular weight is 290 g/mol. The van der Waals surface area contributed by atoms with Gasteiger partial charge in [-0.2, -0.15) is 0 Å². The minimum Gasteiger partial charge on any atom is -0.492 e. The van der Waals surface area contributed by atoms with Gasteiger partial charge < -0.3 is 10.1 Å². The molecule has 0 aromatic heterocycles. The van der Waals surface area contributed by atoms with E-state index in [1.165, 1.54) is 37.8 Å². The van der Waals surface area contributed by atoms with Crippen LogP contribution in [0, 0.1) is 0 Å². The largest absolute Gasteiger partial charge is 0.492 e. The molecule has 1 unspecified atom stereocenters. The predicted molar refractivity (Wildman–Crippen MR) is 88.8 cm³/mol. The summed E-state index contributed by atoms with van der Waals surface area (Å²) >= 11 is 0. The van der Waals surface area contributed by atoms with E-state index in [1.54, 1.807) is 0 Å². The Morgan fingerprint density at radius 2 is 2.05 bits per heavy atom. The number of nitrogens with zero attached hydrogens (tertiary/aromatic N) is 1. The first-order valence-electron chi connectivity index (χ1n) is 8.50. The van der Waals surface area contributed by atoms with Crippen LogP contribution in [0.4, 0.5) is 0 Å². The van der Waals surface area contributed by atoms with Crippen molar-refractivity contribution in [3.63, 3.8) is 0 Å². The van der Waals surface area contributed by atoms with Gasteiger partial charge in [-0.3, -0.25) is 4.90 Å². The first-order chi connectivity index (χ1) is 10.3. The highest BCUT2D eigenvalue weighted by molar-refractivity contribution is 5.27. The summed E-state index contributed by atoms with van der Waals surface area (Å²) in [6.45, 7) is 9.58. The summed E-state index contributed by atoms with van der Waals surface area (Å²) < 4.78 is 5.88. The van der Waals surface area contributed by atoms with Gasteiger partial charge in [0.15, 0.2) is 0 Å². The van der Waals surface area contributed by atoms with Gasteiger partial charge in [0.1, 0.15) is 12.4 Å². The molecule has 2 rings (SSSR count). The summed E-state index contributed by atoms with van der Waals surface area (Å²) in [5, 5.41) is 3.41. The van der Waals surface area contributed by atoms with Crippen molar-refractivity contribution in [1.82, 2.24) is 10.2 Å². The van der Waals surface area contributed by atoms with E-state index in [9.17, 15) is 0 Å². The van der Waals surface area contributed by atoms with E-state index in [4.69, 9.17) is 4.74 Å². The van der Waals surface area contributed by atoms with E-state index in [1.807, 2.05) is 0 Å². The molecule has 1 aliphatic rings. The number of ether oxygens (including phenoxy) is 1. The zero-order chi connectivity index (χ0) is 14.9. The second-order valence-corrected chi connectivity index (χ2v) is 5.91. The highest BCUT2D eigenvalue weighted by atomic mass is 16.5. The molecule has 21 heavy (non-hydrogen) atoms. The average Bonchev–Trinajstić information content (AvgIpc) is 2.97. The van der Waals surface area contributed by atoms with Gasteiger partial charge in [0.05, 0.1) is 0 Å². The van der Waals surface area contributed by atoms with Crippen LogP contribution in [0.5, 0.6) is 5.75 Å². The topological polar surface area (TPSA) is 24.5 Å². The van der Waals surface area contributed by atoms with Crippen molar-refractivity contribution in [2.75, 3.05) is 26.2 Å². The maximum atomic E-state index is 5.88. The monoisotopic (exact) mass is 290 g/mol. The van der Waals surface area contributed by atoms with E-state index in [0.717, 1.165) is 38.0 Å². The number of hydrogen-bond donors (Lipinski definition) is 1. The minimum absolute atomic E-state index is 0.778. The highest BCUT2D eigenvalue weighted by Crippen LogP contribution is 2.19. The van der Waals surface area contributed by atoms with E-state index < -0.39 is 0 Å². The Morgan fingerprint density at radius 3 is 2.76 bits per heavy atom. The molecule has 1 aliphatic heterocycles. The SMILES string of the molecule is CCCNCc1ccc(OCCN2CCCC2CC)cc1. The Balaban J connectivity index is 1.68. The Labute approximate surface area is 129 Å². The molecular weight excluding hydrogens is 260 g/mol. The molecule has 3 heteroatoms. The van der Waals surface area contributed by atoms with Crippen LogP contribution >= 0.6 is 0 Å². The van der Waals surface area contributed by atoms with Gasteiger partial charge in [-0.05, 0) is 56.5 Å². The van der Waals surface area contributed by atoms with Crippen molar-refractivity contribution < 1.29 is 4.74 Å². The molecule has 1 atom stereocenters. The quantitative estimate of drug-likeness (QED) is 0.705. The molecule has 0 amide bonds. The van der Waals surface area contributed by atoms with Gasteiger partial charge in [-0.15, -0.1) is 0 Å². The van der Waals surface area contributed by atoms with Gasteiger partial charge in [0.2, 0.25) is 0 Å². The zero-order valence-electron chi connectivity index (χ0n) is 13.6. The van der Waals surface area contributed by atoms with Gasteiger partial charge in [-0.1, -0.05) is 26.0 Å². The predicted octanol–water partition coefficient (Wildman–Crippen LogP) is 3.44. The maximum absolute atomic E-state index is 5.88. The molecule has 0 saturated carbocycles. The summed E-state index contributed by atoms with van der Waals surface area (Å²) in [6, 6.07) is 9.26. The van der Waals surface area contributed by atoms with E-state index in [-0.39, 0.29) is 0 Å². The molecule has 0 aliphatic carbocycles. The third-order valence-electron chi connectivity index (χ3n) is 4.30. The Hall–Kier alpha value is -1.06. The van der Waals surface area contributed by atoms with Crippen molar-refractivity contribution in [2.45, 2.75) is 52.1 Å². The number of hydrogen-bond acceptors (Lipinski definition) is 3. The second kappa shape index (κ2) is 9.06. The van der Waals surface area contributed by atoms with Crippen molar-refractivity contribution in [3.8, 4) is 5.75 Å².